The van der Waals surface area contributed by atoms with Gasteiger partial charge in [-0.15, -0.1) is 0 Å². The molecule has 3 aromatic heterocycles. The number of aromatic nitrogens is 3. The largest absolute Gasteiger partial charge is 0.444 e. The van der Waals surface area contributed by atoms with Gasteiger partial charge in [0.15, 0.2) is 17.3 Å². The fourth-order valence-corrected chi connectivity index (χ4v) is 5.05. The molecule has 37 heavy (non-hydrogen) atoms. The van der Waals surface area contributed by atoms with Crippen molar-refractivity contribution in [3.05, 3.63) is 60.1 Å². The number of piperazine rings is 1. The minimum atomic E-state index is -0.573. The molecule has 1 aliphatic heterocycles. The minimum Gasteiger partial charge on any atom is -0.444 e. The van der Waals surface area contributed by atoms with Gasteiger partial charge in [-0.2, -0.15) is 0 Å². The van der Waals surface area contributed by atoms with Gasteiger partial charge in [-0.1, -0.05) is 6.07 Å². The molecule has 0 spiro atoms. The molecule has 1 fully saturated rings. The number of carbonyl (C=O) groups excluding carboxylic acids is 1. The number of benzene rings is 1. The Balaban J connectivity index is 1.42. The summed E-state index contributed by atoms with van der Waals surface area (Å²) in [6, 6.07) is 8.08. The number of rotatable bonds is 2. The van der Waals surface area contributed by atoms with Crippen LogP contribution >= 0.6 is 0 Å². The van der Waals surface area contributed by atoms with E-state index in [4.69, 9.17) is 4.74 Å². The molecule has 1 aliphatic rings. The number of amides is 1. The fourth-order valence-electron chi connectivity index (χ4n) is 5.05. The van der Waals surface area contributed by atoms with E-state index in [0.29, 0.717) is 35.4 Å². The van der Waals surface area contributed by atoms with Gasteiger partial charge in [-0.3, -0.25) is 4.90 Å². The van der Waals surface area contributed by atoms with Crippen molar-refractivity contribution in [3.8, 4) is 11.3 Å². The van der Waals surface area contributed by atoms with Gasteiger partial charge in [0.05, 0.1) is 23.5 Å². The lowest BCUT2D eigenvalue weighted by molar-refractivity contribution is 0.00565. The standard InChI is InChI=1S/C28H31F2N5O2/c1-16-12-34-15-20(10-23(30)26(34)31-16)24-8-7-19-9-21(11-22(29)25(19)32-24)33-13-17(2)35(18(3)14-33)27(36)37-28(4,5)6/h7-12,15,17-18H,13-14H2,1-6H3/t17-,18-/m0/s1. The van der Waals surface area contributed by atoms with E-state index in [1.54, 1.807) is 40.8 Å². The van der Waals surface area contributed by atoms with E-state index in [2.05, 4.69) is 14.9 Å². The van der Waals surface area contributed by atoms with E-state index in [0.717, 1.165) is 5.69 Å². The van der Waals surface area contributed by atoms with Crippen LogP contribution in [-0.2, 0) is 4.74 Å². The molecule has 194 valence electrons. The van der Waals surface area contributed by atoms with E-state index >= 15 is 4.39 Å². The van der Waals surface area contributed by atoms with Crippen molar-refractivity contribution in [1.29, 1.82) is 0 Å². The second kappa shape index (κ2) is 8.97. The van der Waals surface area contributed by atoms with Gasteiger partial charge in [0.1, 0.15) is 11.1 Å². The highest BCUT2D eigenvalue weighted by molar-refractivity contribution is 5.85. The van der Waals surface area contributed by atoms with Crippen molar-refractivity contribution >= 4 is 28.3 Å². The zero-order valence-electron chi connectivity index (χ0n) is 21.9. The molecule has 4 heterocycles. The first-order chi connectivity index (χ1) is 17.4. The fraction of sp³-hybridized carbons (Fsp3) is 0.393. The molecular weight excluding hydrogens is 476 g/mol. The molecule has 1 saturated heterocycles. The highest BCUT2D eigenvalue weighted by atomic mass is 19.1. The van der Waals surface area contributed by atoms with Crippen LogP contribution in [0.4, 0.5) is 19.3 Å². The molecule has 9 heteroatoms. The lowest BCUT2D eigenvalue weighted by Gasteiger charge is -2.45. The number of fused-ring (bicyclic) bond motifs is 2. The lowest BCUT2D eigenvalue weighted by atomic mass is 10.1. The molecule has 1 amide bonds. The summed E-state index contributed by atoms with van der Waals surface area (Å²) in [5.41, 5.74) is 2.33. The molecular formula is C28H31F2N5O2. The SMILES string of the molecule is Cc1cn2cc(-c3ccc4cc(N5C[C@H](C)N(C(=O)OC(C)(C)C)[C@@H](C)C5)cc(F)c4n3)cc(F)c2n1. The maximum atomic E-state index is 15.4. The normalized spacial score (nSPS) is 18.6. The smallest absolute Gasteiger partial charge is 0.410 e. The van der Waals surface area contributed by atoms with Crippen molar-refractivity contribution in [2.45, 2.75) is 59.2 Å². The number of ether oxygens (including phenoxy) is 1. The summed E-state index contributed by atoms with van der Waals surface area (Å²) in [6.07, 6.45) is 3.14. The predicted molar refractivity (Wildman–Crippen MR) is 140 cm³/mol. The molecule has 0 radical (unpaired) electrons. The summed E-state index contributed by atoms with van der Waals surface area (Å²) in [5.74, 6) is -0.915. The Morgan fingerprint density at radius 2 is 1.70 bits per heavy atom. The topological polar surface area (TPSA) is 63.0 Å². The van der Waals surface area contributed by atoms with Crippen molar-refractivity contribution in [3.63, 3.8) is 0 Å². The summed E-state index contributed by atoms with van der Waals surface area (Å²) in [6.45, 7) is 12.4. The van der Waals surface area contributed by atoms with Crippen LogP contribution in [0.1, 0.15) is 40.3 Å². The number of hydrogen-bond acceptors (Lipinski definition) is 5. The summed E-state index contributed by atoms with van der Waals surface area (Å²) >= 11 is 0. The van der Waals surface area contributed by atoms with Crippen LogP contribution in [0.5, 0.6) is 0 Å². The van der Waals surface area contributed by atoms with Gasteiger partial charge in [-0.25, -0.2) is 23.5 Å². The minimum absolute atomic E-state index is 0.116. The van der Waals surface area contributed by atoms with Gasteiger partial charge < -0.3 is 14.0 Å². The zero-order valence-corrected chi connectivity index (χ0v) is 21.9. The van der Waals surface area contributed by atoms with Crippen LogP contribution in [-0.4, -0.2) is 56.1 Å². The molecule has 1 aromatic carbocycles. The van der Waals surface area contributed by atoms with Crippen LogP contribution in [0.2, 0.25) is 0 Å². The number of aryl methyl sites for hydroxylation is 1. The molecule has 7 nitrogen and oxygen atoms in total. The molecule has 0 bridgehead atoms. The summed E-state index contributed by atoms with van der Waals surface area (Å²) in [7, 11) is 0. The predicted octanol–water partition coefficient (Wildman–Crippen LogP) is 5.97. The first kappa shape index (κ1) is 24.9. The number of carbonyl (C=O) groups is 1. The van der Waals surface area contributed by atoms with E-state index in [1.807, 2.05) is 40.7 Å². The Morgan fingerprint density at radius 3 is 2.38 bits per heavy atom. The highest BCUT2D eigenvalue weighted by Crippen LogP contribution is 2.30. The van der Waals surface area contributed by atoms with E-state index in [1.165, 1.54) is 12.1 Å². The van der Waals surface area contributed by atoms with Crippen molar-refractivity contribution in [1.82, 2.24) is 19.3 Å². The van der Waals surface area contributed by atoms with Crippen LogP contribution in [0, 0.1) is 18.6 Å². The highest BCUT2D eigenvalue weighted by Gasteiger charge is 2.35. The first-order valence-electron chi connectivity index (χ1n) is 12.4. The molecule has 5 rings (SSSR count). The third-order valence-corrected chi connectivity index (χ3v) is 6.54. The Bertz CT molecular complexity index is 1500. The molecule has 4 aromatic rings. The Hall–Kier alpha value is -3.75. The van der Waals surface area contributed by atoms with Crippen LogP contribution < -0.4 is 4.90 Å². The van der Waals surface area contributed by atoms with Crippen LogP contribution in [0.3, 0.4) is 0 Å². The Kier molecular flexibility index (Phi) is 6.04. The second-order valence-electron chi connectivity index (χ2n) is 10.9. The molecule has 0 saturated carbocycles. The van der Waals surface area contributed by atoms with Crippen LogP contribution in [0.25, 0.3) is 27.8 Å². The molecule has 0 unspecified atom stereocenters. The number of hydrogen-bond donors (Lipinski definition) is 0. The average Bonchev–Trinajstić information content (AvgIpc) is 3.18. The van der Waals surface area contributed by atoms with Gasteiger partial charge in [-0.05, 0) is 65.8 Å². The second-order valence-corrected chi connectivity index (χ2v) is 10.9. The molecule has 0 aliphatic carbocycles. The summed E-state index contributed by atoms with van der Waals surface area (Å²) < 4.78 is 37.2. The average molecular weight is 508 g/mol. The molecule has 0 N–H and O–H groups in total. The monoisotopic (exact) mass is 507 g/mol. The number of halogens is 2. The van der Waals surface area contributed by atoms with E-state index in [-0.39, 0.29) is 29.3 Å². The van der Waals surface area contributed by atoms with Gasteiger partial charge in [0, 0.05) is 42.1 Å². The number of anilines is 1. The number of imidazole rings is 1. The van der Waals surface area contributed by atoms with Crippen LogP contribution in [0.15, 0.2) is 42.7 Å². The first-order valence-corrected chi connectivity index (χ1v) is 12.4. The maximum absolute atomic E-state index is 15.4. The van der Waals surface area contributed by atoms with Crippen molar-refractivity contribution in [2.75, 3.05) is 18.0 Å². The van der Waals surface area contributed by atoms with E-state index < -0.39 is 17.2 Å². The molecule has 2 atom stereocenters. The summed E-state index contributed by atoms with van der Waals surface area (Å²) in [5, 5.41) is 0.647. The zero-order chi connectivity index (χ0) is 26.6. The maximum Gasteiger partial charge on any atom is 0.410 e. The Labute approximate surface area is 214 Å². The Morgan fingerprint density at radius 1 is 1.00 bits per heavy atom. The van der Waals surface area contributed by atoms with E-state index in [9.17, 15) is 9.18 Å². The lowest BCUT2D eigenvalue weighted by Crippen LogP contribution is -2.59. The third kappa shape index (κ3) is 4.82. The van der Waals surface area contributed by atoms with Gasteiger partial charge in [0.25, 0.3) is 0 Å². The van der Waals surface area contributed by atoms with Crippen molar-refractivity contribution in [2.24, 2.45) is 0 Å². The quantitative estimate of drug-likeness (QED) is 0.335. The van der Waals surface area contributed by atoms with Gasteiger partial charge >= 0.3 is 6.09 Å². The number of nitrogens with zero attached hydrogens (tertiary/aromatic N) is 5. The third-order valence-electron chi connectivity index (χ3n) is 6.54. The summed E-state index contributed by atoms with van der Waals surface area (Å²) in [4.78, 5) is 25.3. The van der Waals surface area contributed by atoms with Gasteiger partial charge in [0.2, 0.25) is 0 Å². The van der Waals surface area contributed by atoms with Crippen molar-refractivity contribution < 1.29 is 18.3 Å². The number of pyridine rings is 2.